The van der Waals surface area contributed by atoms with Crippen LogP contribution in [0.5, 0.6) is 0 Å². The van der Waals surface area contributed by atoms with Crippen molar-refractivity contribution in [2.75, 3.05) is 5.75 Å². The van der Waals surface area contributed by atoms with E-state index in [2.05, 4.69) is 10.6 Å². The minimum atomic E-state index is -1.30. The number of nitrogens with one attached hydrogen (secondary N) is 2. The maximum atomic E-state index is 12.3. The molecule has 2 rings (SSSR count). The average Bonchev–Trinajstić information content (AvgIpc) is 2.59. The summed E-state index contributed by atoms with van der Waals surface area (Å²) >= 11 is 1.22. The van der Waals surface area contributed by atoms with Crippen LogP contribution in [0.4, 0.5) is 0 Å². The van der Waals surface area contributed by atoms with E-state index in [1.807, 2.05) is 18.2 Å². The normalized spacial score (nSPS) is 22.5. The van der Waals surface area contributed by atoms with Gasteiger partial charge in [-0.3, -0.25) is 4.79 Å². The molecule has 136 valence electrons. The summed E-state index contributed by atoms with van der Waals surface area (Å²) in [6, 6.07) is -2.23. The highest BCUT2D eigenvalue weighted by atomic mass is 32.2. The molecule has 0 aromatic rings. The molecule has 1 unspecified atom stereocenters. The van der Waals surface area contributed by atoms with Crippen LogP contribution in [-0.4, -0.2) is 51.3 Å². The van der Waals surface area contributed by atoms with E-state index in [0.717, 1.165) is 5.57 Å². The van der Waals surface area contributed by atoms with E-state index >= 15 is 0 Å². The Balaban J connectivity index is 2.08. The van der Waals surface area contributed by atoms with E-state index in [1.165, 1.54) is 11.8 Å². The second-order valence-electron chi connectivity index (χ2n) is 5.83. The first kappa shape index (κ1) is 19.1. The van der Waals surface area contributed by atoms with Crippen LogP contribution >= 0.6 is 11.8 Å². The number of aliphatic carboxylic acids is 2. The van der Waals surface area contributed by atoms with E-state index in [0.29, 0.717) is 24.2 Å². The van der Waals surface area contributed by atoms with E-state index in [9.17, 15) is 24.6 Å². The summed E-state index contributed by atoms with van der Waals surface area (Å²) in [4.78, 5) is 35.2. The smallest absolute Gasteiger partial charge is 0.351 e. The molecule has 1 amide bonds. The Labute approximate surface area is 149 Å². The first-order chi connectivity index (χ1) is 11.8. The SMILES string of the molecule is CC1=C(C(=O)O)N[C@@H](C(NC(=O)[C@H](N)C2=CCC=CC2)C(=O)O)SC1. The molecular weight excluding hydrogens is 346 g/mol. The molecule has 0 bridgehead atoms. The van der Waals surface area contributed by atoms with Crippen molar-refractivity contribution in [1.82, 2.24) is 10.6 Å². The van der Waals surface area contributed by atoms with Gasteiger partial charge in [-0.25, -0.2) is 9.59 Å². The standard InChI is InChI=1S/C16H21N3O5S/c1-8-7-25-14(19-11(8)15(21)22)12(16(23)24)18-13(20)10(17)9-5-3-2-4-6-9/h2-3,6,10,12,14,19H,4-5,7,17H2,1H3,(H,18,20)(H,21,22)(H,23,24)/t10-,12?,14-/m1/s1. The van der Waals surface area contributed by atoms with Gasteiger partial charge in [0.15, 0.2) is 6.04 Å². The lowest BCUT2D eigenvalue weighted by atomic mass is 9.98. The predicted octanol–water partition coefficient (Wildman–Crippen LogP) is 0.181. The van der Waals surface area contributed by atoms with Gasteiger partial charge >= 0.3 is 11.9 Å². The highest BCUT2D eigenvalue weighted by Crippen LogP contribution is 2.25. The number of amides is 1. The van der Waals surface area contributed by atoms with E-state index in [-0.39, 0.29) is 5.70 Å². The van der Waals surface area contributed by atoms with Gasteiger partial charge in [-0.2, -0.15) is 0 Å². The number of thioether (sulfide) groups is 1. The van der Waals surface area contributed by atoms with Gasteiger partial charge in [-0.05, 0) is 30.9 Å². The van der Waals surface area contributed by atoms with Crippen molar-refractivity contribution in [2.24, 2.45) is 5.73 Å². The Bertz CT molecular complexity index is 671. The first-order valence-corrected chi connectivity index (χ1v) is 8.80. The van der Waals surface area contributed by atoms with Crippen molar-refractivity contribution < 1.29 is 24.6 Å². The molecule has 1 heterocycles. The topological polar surface area (TPSA) is 142 Å². The summed E-state index contributed by atoms with van der Waals surface area (Å²) < 4.78 is 0. The molecule has 2 aliphatic rings. The van der Waals surface area contributed by atoms with Crippen molar-refractivity contribution in [2.45, 2.75) is 37.2 Å². The van der Waals surface area contributed by atoms with Crippen LogP contribution < -0.4 is 16.4 Å². The summed E-state index contributed by atoms with van der Waals surface area (Å²) in [5.41, 5.74) is 7.24. The van der Waals surface area contributed by atoms with Crippen LogP contribution in [0.1, 0.15) is 19.8 Å². The number of hydrogen-bond donors (Lipinski definition) is 5. The molecule has 0 saturated heterocycles. The Morgan fingerprint density at radius 3 is 2.64 bits per heavy atom. The number of allylic oxidation sites excluding steroid dienone is 3. The molecule has 3 atom stereocenters. The number of hydrogen-bond acceptors (Lipinski definition) is 6. The molecule has 0 fully saturated rings. The number of carboxylic acid groups (broad SMARTS) is 2. The van der Waals surface area contributed by atoms with E-state index < -0.39 is 35.3 Å². The molecule has 8 nitrogen and oxygen atoms in total. The van der Waals surface area contributed by atoms with Crippen LogP contribution in [0.25, 0.3) is 0 Å². The van der Waals surface area contributed by atoms with Gasteiger partial charge in [0.05, 0.1) is 0 Å². The molecule has 9 heteroatoms. The van der Waals surface area contributed by atoms with Crippen molar-refractivity contribution in [3.63, 3.8) is 0 Å². The molecule has 0 saturated carbocycles. The maximum Gasteiger partial charge on any atom is 0.351 e. The van der Waals surface area contributed by atoms with E-state index in [4.69, 9.17) is 5.73 Å². The molecular formula is C16H21N3O5S. The minimum Gasteiger partial charge on any atom is -0.480 e. The van der Waals surface area contributed by atoms with Gasteiger partial charge in [0, 0.05) is 5.75 Å². The van der Waals surface area contributed by atoms with Gasteiger partial charge in [-0.15, -0.1) is 11.8 Å². The van der Waals surface area contributed by atoms with Crippen LogP contribution in [0.15, 0.2) is 35.1 Å². The van der Waals surface area contributed by atoms with Crippen LogP contribution in [0.3, 0.4) is 0 Å². The van der Waals surface area contributed by atoms with Gasteiger partial charge in [0.25, 0.3) is 0 Å². The first-order valence-electron chi connectivity index (χ1n) is 7.75. The van der Waals surface area contributed by atoms with Crippen LogP contribution in [0.2, 0.25) is 0 Å². The summed E-state index contributed by atoms with van der Waals surface area (Å²) in [6.07, 6.45) is 6.95. The Morgan fingerprint density at radius 2 is 2.08 bits per heavy atom. The Kier molecular flexibility index (Phi) is 6.27. The number of carbonyl (C=O) groups is 3. The second-order valence-corrected chi connectivity index (χ2v) is 6.96. The molecule has 1 aliphatic heterocycles. The van der Waals surface area contributed by atoms with Crippen molar-refractivity contribution in [3.8, 4) is 0 Å². The fraction of sp³-hybridized carbons (Fsp3) is 0.438. The summed E-state index contributed by atoms with van der Waals surface area (Å²) in [6.45, 7) is 1.66. The molecule has 0 aromatic carbocycles. The highest BCUT2D eigenvalue weighted by Gasteiger charge is 2.35. The fourth-order valence-corrected chi connectivity index (χ4v) is 3.72. The monoisotopic (exact) mass is 367 g/mol. The van der Waals surface area contributed by atoms with Crippen LogP contribution in [-0.2, 0) is 14.4 Å². The quantitative estimate of drug-likeness (QED) is 0.419. The zero-order chi connectivity index (χ0) is 18.6. The average molecular weight is 367 g/mol. The summed E-state index contributed by atoms with van der Waals surface area (Å²) in [5.74, 6) is -2.65. The third kappa shape index (κ3) is 4.64. The molecule has 6 N–H and O–H groups in total. The number of carbonyl (C=O) groups excluding carboxylic acids is 1. The van der Waals surface area contributed by atoms with Crippen molar-refractivity contribution in [1.29, 1.82) is 0 Å². The largest absolute Gasteiger partial charge is 0.480 e. The number of carboxylic acids is 2. The summed E-state index contributed by atoms with van der Waals surface area (Å²) in [7, 11) is 0. The van der Waals surface area contributed by atoms with Gasteiger partial charge in [0.1, 0.15) is 17.1 Å². The molecule has 0 aromatic heterocycles. The molecule has 0 radical (unpaired) electrons. The molecule has 25 heavy (non-hydrogen) atoms. The van der Waals surface area contributed by atoms with Gasteiger partial charge in [-0.1, -0.05) is 18.2 Å². The predicted molar refractivity (Wildman–Crippen MR) is 93.7 cm³/mol. The second kappa shape index (κ2) is 8.21. The summed E-state index contributed by atoms with van der Waals surface area (Å²) in [5, 5.41) is 23.0. The zero-order valence-corrected chi connectivity index (χ0v) is 14.5. The third-order valence-corrected chi connectivity index (χ3v) is 5.34. The fourth-order valence-electron chi connectivity index (χ4n) is 2.57. The minimum absolute atomic E-state index is 0.0336. The Hall–Kier alpha value is -2.26. The maximum absolute atomic E-state index is 12.3. The van der Waals surface area contributed by atoms with Gasteiger partial charge < -0.3 is 26.6 Å². The lowest BCUT2D eigenvalue weighted by molar-refractivity contribution is -0.142. The zero-order valence-electron chi connectivity index (χ0n) is 13.7. The molecule has 1 aliphatic carbocycles. The van der Waals surface area contributed by atoms with Crippen molar-refractivity contribution in [3.05, 3.63) is 35.1 Å². The number of rotatable bonds is 6. The molecule has 0 spiro atoms. The lowest BCUT2D eigenvalue weighted by Crippen LogP contribution is -2.57. The highest BCUT2D eigenvalue weighted by molar-refractivity contribution is 8.00. The third-order valence-electron chi connectivity index (χ3n) is 3.99. The lowest BCUT2D eigenvalue weighted by Gasteiger charge is -2.31. The van der Waals surface area contributed by atoms with Gasteiger partial charge in [0.2, 0.25) is 5.91 Å². The Morgan fingerprint density at radius 1 is 1.36 bits per heavy atom. The van der Waals surface area contributed by atoms with Crippen LogP contribution in [0, 0.1) is 0 Å². The number of nitrogens with two attached hydrogens (primary N) is 1. The van der Waals surface area contributed by atoms with Crippen molar-refractivity contribution >= 4 is 29.6 Å². The van der Waals surface area contributed by atoms with E-state index in [1.54, 1.807) is 6.92 Å².